The first-order valence-electron chi connectivity index (χ1n) is 6.88. The van der Waals surface area contributed by atoms with Gasteiger partial charge in [0.05, 0.1) is 16.8 Å². The predicted octanol–water partition coefficient (Wildman–Crippen LogP) is 4.16. The molecule has 3 aromatic rings. The van der Waals surface area contributed by atoms with E-state index in [1.807, 2.05) is 18.2 Å². The molecule has 0 radical (unpaired) electrons. The van der Waals surface area contributed by atoms with Crippen molar-refractivity contribution >= 4 is 34.4 Å². The minimum Gasteiger partial charge on any atom is -0.424 e. The summed E-state index contributed by atoms with van der Waals surface area (Å²) in [6.45, 7) is 0. The molecule has 1 aromatic carbocycles. The van der Waals surface area contributed by atoms with Crippen molar-refractivity contribution in [1.82, 2.24) is 20.2 Å². The lowest BCUT2D eigenvalue weighted by Crippen LogP contribution is -2.08. The van der Waals surface area contributed by atoms with Crippen molar-refractivity contribution in [3.05, 3.63) is 35.0 Å². The summed E-state index contributed by atoms with van der Waals surface area (Å²) < 4.78 is 5.70. The average molecular weight is 321 g/mol. The van der Waals surface area contributed by atoms with E-state index in [0.717, 1.165) is 22.1 Å². The Morgan fingerprint density at radius 2 is 2.24 bits per heavy atom. The summed E-state index contributed by atoms with van der Waals surface area (Å²) in [6.07, 6.45) is 3.59. The maximum Gasteiger partial charge on any atom is 0.226 e. The SMILES string of the molecule is Clc1ccc2nc(SCc3nnc(C4CCC4)o3)[nH]c2c1. The smallest absolute Gasteiger partial charge is 0.226 e. The fraction of sp³-hybridized carbons (Fsp3) is 0.357. The zero-order chi connectivity index (χ0) is 14.2. The van der Waals surface area contributed by atoms with Crippen LogP contribution in [0.2, 0.25) is 5.02 Å². The van der Waals surface area contributed by atoms with Crippen molar-refractivity contribution < 1.29 is 4.42 Å². The quantitative estimate of drug-likeness (QED) is 0.731. The normalized spacial score (nSPS) is 15.5. The van der Waals surface area contributed by atoms with Gasteiger partial charge in [-0.05, 0) is 31.0 Å². The molecule has 0 aliphatic heterocycles. The Morgan fingerprint density at radius 3 is 3.05 bits per heavy atom. The highest BCUT2D eigenvalue weighted by molar-refractivity contribution is 7.98. The number of nitrogens with one attached hydrogen (secondary N) is 1. The average Bonchev–Trinajstić information content (AvgIpc) is 3.00. The molecule has 4 rings (SSSR count). The molecule has 2 aromatic heterocycles. The van der Waals surface area contributed by atoms with Gasteiger partial charge in [-0.2, -0.15) is 0 Å². The van der Waals surface area contributed by atoms with Gasteiger partial charge in [-0.15, -0.1) is 10.2 Å². The van der Waals surface area contributed by atoms with Gasteiger partial charge in [0.1, 0.15) is 0 Å². The van der Waals surface area contributed by atoms with Gasteiger partial charge in [0, 0.05) is 10.9 Å². The van der Waals surface area contributed by atoms with Crippen LogP contribution in [0.15, 0.2) is 27.8 Å². The number of halogens is 1. The van der Waals surface area contributed by atoms with Gasteiger partial charge in [0.2, 0.25) is 11.8 Å². The summed E-state index contributed by atoms with van der Waals surface area (Å²) in [7, 11) is 0. The van der Waals surface area contributed by atoms with Gasteiger partial charge < -0.3 is 9.40 Å². The number of aromatic amines is 1. The van der Waals surface area contributed by atoms with Crippen molar-refractivity contribution in [2.75, 3.05) is 0 Å². The number of rotatable bonds is 4. The molecule has 1 fully saturated rings. The van der Waals surface area contributed by atoms with Gasteiger partial charge in [0.25, 0.3) is 0 Å². The minimum absolute atomic E-state index is 0.476. The molecule has 0 atom stereocenters. The van der Waals surface area contributed by atoms with Crippen molar-refractivity contribution in [3.8, 4) is 0 Å². The minimum atomic E-state index is 0.476. The lowest BCUT2D eigenvalue weighted by atomic mass is 9.85. The van der Waals surface area contributed by atoms with Gasteiger partial charge >= 0.3 is 0 Å². The van der Waals surface area contributed by atoms with Gasteiger partial charge in [-0.3, -0.25) is 0 Å². The van der Waals surface area contributed by atoms with Crippen LogP contribution in [-0.2, 0) is 5.75 Å². The van der Waals surface area contributed by atoms with E-state index in [-0.39, 0.29) is 0 Å². The highest BCUT2D eigenvalue weighted by Gasteiger charge is 2.25. The van der Waals surface area contributed by atoms with Crippen LogP contribution >= 0.6 is 23.4 Å². The number of benzene rings is 1. The summed E-state index contributed by atoms with van der Waals surface area (Å²) in [5.74, 6) is 2.53. The summed E-state index contributed by atoms with van der Waals surface area (Å²) >= 11 is 7.51. The number of hydrogen-bond acceptors (Lipinski definition) is 5. The van der Waals surface area contributed by atoms with Gasteiger partial charge in [-0.1, -0.05) is 29.8 Å². The summed E-state index contributed by atoms with van der Waals surface area (Å²) in [5.41, 5.74) is 1.84. The number of imidazole rings is 1. The maximum atomic E-state index is 5.96. The number of thioether (sulfide) groups is 1. The number of aromatic nitrogens is 4. The van der Waals surface area contributed by atoms with Crippen molar-refractivity contribution in [2.45, 2.75) is 36.1 Å². The Hall–Kier alpha value is -1.53. The molecule has 5 nitrogen and oxygen atoms in total. The van der Waals surface area contributed by atoms with E-state index >= 15 is 0 Å². The van der Waals surface area contributed by atoms with Crippen molar-refractivity contribution in [2.24, 2.45) is 0 Å². The lowest BCUT2D eigenvalue weighted by molar-refractivity contribution is 0.328. The second-order valence-corrected chi connectivity index (χ2v) is 6.55. The molecule has 1 N–H and O–H groups in total. The second-order valence-electron chi connectivity index (χ2n) is 5.15. The van der Waals surface area contributed by atoms with Crippen molar-refractivity contribution in [3.63, 3.8) is 0 Å². The van der Waals surface area contributed by atoms with Gasteiger partial charge in [-0.25, -0.2) is 4.98 Å². The summed E-state index contributed by atoms with van der Waals surface area (Å²) in [4.78, 5) is 7.73. The standard InChI is InChI=1S/C14H13ClN4OS/c15-9-4-5-10-11(6-9)17-14(16-10)21-7-12-18-19-13(20-12)8-2-1-3-8/h4-6,8H,1-3,7H2,(H,16,17). The molecule has 1 aliphatic carbocycles. The molecule has 7 heteroatoms. The predicted molar refractivity (Wildman–Crippen MR) is 81.6 cm³/mol. The van der Waals surface area contributed by atoms with E-state index in [4.69, 9.17) is 16.0 Å². The number of H-pyrrole nitrogens is 1. The molecule has 0 unspecified atom stereocenters. The Bertz CT molecular complexity index is 780. The molecular weight excluding hydrogens is 308 g/mol. The third-order valence-corrected chi connectivity index (χ3v) is 4.78. The highest BCUT2D eigenvalue weighted by atomic mass is 35.5. The molecule has 0 amide bonds. The van der Waals surface area contributed by atoms with E-state index in [1.165, 1.54) is 19.3 Å². The molecule has 21 heavy (non-hydrogen) atoms. The van der Waals surface area contributed by atoms with Crippen molar-refractivity contribution in [1.29, 1.82) is 0 Å². The molecular formula is C14H13ClN4OS. The fourth-order valence-corrected chi connectivity index (χ4v) is 3.20. The zero-order valence-electron chi connectivity index (χ0n) is 11.2. The third-order valence-electron chi connectivity index (χ3n) is 3.69. The summed E-state index contributed by atoms with van der Waals surface area (Å²) in [5, 5.41) is 9.76. The molecule has 108 valence electrons. The van der Waals surface area contributed by atoms with Crippen LogP contribution in [0.1, 0.15) is 37.0 Å². The first kappa shape index (κ1) is 13.2. The van der Waals surface area contributed by atoms with E-state index in [9.17, 15) is 0 Å². The van der Waals surface area contributed by atoms with E-state index < -0.39 is 0 Å². The third kappa shape index (κ3) is 2.65. The van der Waals surface area contributed by atoms with Crippen LogP contribution in [0.4, 0.5) is 0 Å². The zero-order valence-corrected chi connectivity index (χ0v) is 12.7. The fourth-order valence-electron chi connectivity index (χ4n) is 2.30. The Balaban J connectivity index is 1.46. The number of nitrogens with zero attached hydrogens (tertiary/aromatic N) is 3. The highest BCUT2D eigenvalue weighted by Crippen LogP contribution is 2.35. The van der Waals surface area contributed by atoms with E-state index in [1.54, 1.807) is 11.8 Å². The van der Waals surface area contributed by atoms with Crippen LogP contribution < -0.4 is 0 Å². The number of fused-ring (bicyclic) bond motifs is 1. The largest absolute Gasteiger partial charge is 0.424 e. The maximum absolute atomic E-state index is 5.96. The second kappa shape index (κ2) is 5.35. The van der Waals surface area contributed by atoms with Crippen LogP contribution in [0.25, 0.3) is 11.0 Å². The van der Waals surface area contributed by atoms with Crippen LogP contribution in [-0.4, -0.2) is 20.2 Å². The number of hydrogen-bond donors (Lipinski definition) is 1. The molecule has 0 saturated heterocycles. The van der Waals surface area contributed by atoms with E-state index in [0.29, 0.717) is 22.6 Å². The lowest BCUT2D eigenvalue weighted by Gasteiger charge is -2.20. The molecule has 0 bridgehead atoms. The Morgan fingerprint density at radius 1 is 1.33 bits per heavy atom. The summed E-state index contributed by atoms with van der Waals surface area (Å²) in [6, 6.07) is 5.61. The monoisotopic (exact) mass is 320 g/mol. The Kier molecular flexibility index (Phi) is 3.35. The molecule has 2 heterocycles. The molecule has 1 aliphatic rings. The van der Waals surface area contributed by atoms with E-state index in [2.05, 4.69) is 20.2 Å². The molecule has 0 spiro atoms. The van der Waals surface area contributed by atoms with Gasteiger partial charge in [0.15, 0.2) is 5.16 Å². The first-order chi connectivity index (χ1) is 10.3. The van der Waals surface area contributed by atoms with Crippen LogP contribution in [0.3, 0.4) is 0 Å². The van der Waals surface area contributed by atoms with Crippen LogP contribution in [0, 0.1) is 0 Å². The van der Waals surface area contributed by atoms with Crippen LogP contribution in [0.5, 0.6) is 0 Å². The first-order valence-corrected chi connectivity index (χ1v) is 8.24. The molecule has 1 saturated carbocycles. The topological polar surface area (TPSA) is 67.6 Å². The Labute approximate surface area is 130 Å².